The van der Waals surface area contributed by atoms with Gasteiger partial charge in [-0.15, -0.1) is 0 Å². The Bertz CT molecular complexity index is 1070. The predicted octanol–water partition coefficient (Wildman–Crippen LogP) is 4.51. The fraction of sp³-hybridized carbons (Fsp3) is 0.393. The molecule has 6 heteroatoms. The predicted molar refractivity (Wildman–Crippen MR) is 135 cm³/mol. The normalized spacial score (nSPS) is 14.4. The van der Waals surface area contributed by atoms with E-state index in [-0.39, 0.29) is 5.91 Å². The second kappa shape index (κ2) is 11.4. The summed E-state index contributed by atoms with van der Waals surface area (Å²) in [6.07, 6.45) is 2.17. The van der Waals surface area contributed by atoms with Crippen molar-refractivity contribution >= 4 is 5.91 Å². The number of carbonyl (C=O) groups is 1. The zero-order valence-electron chi connectivity index (χ0n) is 20.4. The molecule has 1 amide bonds. The molecule has 1 N–H and O–H groups in total. The third-order valence-corrected chi connectivity index (χ3v) is 6.54. The molecule has 4 rings (SSSR count). The summed E-state index contributed by atoms with van der Waals surface area (Å²) >= 11 is 0. The number of ether oxygens (including phenoxy) is 2. The fourth-order valence-electron chi connectivity index (χ4n) is 4.48. The standard InChI is InChI=1S/C28H35N3O3/c1-21-7-8-22(2)31(21)26-11-9-24(10-12-26)28(32)29-20-23-5-4-6-27(19-23)34-18-15-30(3)25-13-16-33-17-14-25/h4-12,19,25H,13-18,20H2,1-3H3,(H,29,32). The van der Waals surface area contributed by atoms with Crippen molar-refractivity contribution in [2.45, 2.75) is 39.3 Å². The van der Waals surface area contributed by atoms with Crippen molar-refractivity contribution in [1.82, 2.24) is 14.8 Å². The second-order valence-corrected chi connectivity index (χ2v) is 9.00. The van der Waals surface area contributed by atoms with Gasteiger partial charge in [-0.2, -0.15) is 0 Å². The van der Waals surface area contributed by atoms with Crippen LogP contribution in [0.25, 0.3) is 5.69 Å². The van der Waals surface area contributed by atoms with E-state index in [4.69, 9.17) is 9.47 Å². The minimum atomic E-state index is -0.0862. The maximum atomic E-state index is 12.7. The molecule has 1 saturated heterocycles. The van der Waals surface area contributed by atoms with Crippen LogP contribution in [-0.4, -0.2) is 54.8 Å². The number of nitrogens with zero attached hydrogens (tertiary/aromatic N) is 2. The van der Waals surface area contributed by atoms with Gasteiger partial charge in [-0.3, -0.25) is 9.69 Å². The first kappa shape index (κ1) is 24.0. The van der Waals surface area contributed by atoms with Crippen LogP contribution in [0.3, 0.4) is 0 Å². The van der Waals surface area contributed by atoms with E-state index in [0.29, 0.717) is 24.8 Å². The summed E-state index contributed by atoms with van der Waals surface area (Å²) in [7, 11) is 2.15. The summed E-state index contributed by atoms with van der Waals surface area (Å²) in [6.45, 7) is 7.82. The lowest BCUT2D eigenvalue weighted by molar-refractivity contribution is 0.0392. The number of amides is 1. The van der Waals surface area contributed by atoms with Crippen molar-refractivity contribution in [3.8, 4) is 11.4 Å². The van der Waals surface area contributed by atoms with Crippen molar-refractivity contribution in [2.24, 2.45) is 0 Å². The summed E-state index contributed by atoms with van der Waals surface area (Å²) in [5.74, 6) is 0.742. The van der Waals surface area contributed by atoms with E-state index >= 15 is 0 Å². The van der Waals surface area contributed by atoms with Gasteiger partial charge in [-0.1, -0.05) is 12.1 Å². The van der Waals surface area contributed by atoms with Crippen molar-refractivity contribution < 1.29 is 14.3 Å². The molecule has 6 nitrogen and oxygen atoms in total. The van der Waals surface area contributed by atoms with E-state index in [1.807, 2.05) is 48.5 Å². The molecule has 0 radical (unpaired) electrons. The lowest BCUT2D eigenvalue weighted by Gasteiger charge is -2.31. The zero-order valence-corrected chi connectivity index (χ0v) is 20.4. The Kier molecular flexibility index (Phi) is 8.03. The van der Waals surface area contributed by atoms with Gasteiger partial charge >= 0.3 is 0 Å². The Morgan fingerprint density at radius 1 is 1.06 bits per heavy atom. The molecule has 0 aliphatic carbocycles. The number of rotatable bonds is 9. The molecule has 0 saturated carbocycles. The molecule has 2 aromatic carbocycles. The van der Waals surface area contributed by atoms with Crippen LogP contribution in [-0.2, 0) is 11.3 Å². The molecule has 1 fully saturated rings. The number of aryl methyl sites for hydroxylation is 2. The summed E-state index contributed by atoms with van der Waals surface area (Å²) < 4.78 is 13.6. The highest BCUT2D eigenvalue weighted by Gasteiger charge is 2.18. The lowest BCUT2D eigenvalue weighted by Crippen LogP contribution is -2.38. The van der Waals surface area contributed by atoms with Crippen LogP contribution >= 0.6 is 0 Å². The lowest BCUT2D eigenvalue weighted by atomic mass is 10.1. The minimum Gasteiger partial charge on any atom is -0.492 e. The molecule has 180 valence electrons. The summed E-state index contributed by atoms with van der Waals surface area (Å²) in [6, 6.07) is 20.4. The largest absolute Gasteiger partial charge is 0.492 e. The number of hydrogen-bond donors (Lipinski definition) is 1. The molecule has 0 unspecified atom stereocenters. The Hall–Kier alpha value is -3.09. The topological polar surface area (TPSA) is 55.7 Å². The first-order valence-corrected chi connectivity index (χ1v) is 12.0. The number of benzene rings is 2. The monoisotopic (exact) mass is 461 g/mol. The number of hydrogen-bond acceptors (Lipinski definition) is 4. The Morgan fingerprint density at radius 2 is 1.76 bits per heavy atom. The van der Waals surface area contributed by atoms with E-state index in [9.17, 15) is 4.79 Å². The zero-order chi connectivity index (χ0) is 23.9. The van der Waals surface area contributed by atoms with Crippen LogP contribution in [0.2, 0.25) is 0 Å². The van der Waals surface area contributed by atoms with Gasteiger partial charge in [0.05, 0.1) is 0 Å². The molecular formula is C28H35N3O3. The maximum Gasteiger partial charge on any atom is 0.251 e. The van der Waals surface area contributed by atoms with Gasteiger partial charge in [0.1, 0.15) is 12.4 Å². The van der Waals surface area contributed by atoms with Gasteiger partial charge in [-0.05, 0) is 87.8 Å². The van der Waals surface area contributed by atoms with Crippen LogP contribution in [0.15, 0.2) is 60.7 Å². The van der Waals surface area contributed by atoms with Crippen LogP contribution in [0, 0.1) is 13.8 Å². The Labute approximate surface area is 202 Å². The van der Waals surface area contributed by atoms with E-state index in [1.54, 1.807) is 0 Å². The molecule has 0 atom stereocenters. The van der Waals surface area contributed by atoms with Crippen molar-refractivity contribution in [3.05, 3.63) is 83.2 Å². The van der Waals surface area contributed by atoms with E-state index in [2.05, 4.69) is 47.8 Å². The third-order valence-electron chi connectivity index (χ3n) is 6.54. The SMILES string of the molecule is Cc1ccc(C)n1-c1ccc(C(=O)NCc2cccc(OCCN(C)C3CCOCC3)c2)cc1. The van der Waals surface area contributed by atoms with Gasteiger partial charge in [0, 0.05) is 55.0 Å². The molecule has 1 aliphatic rings. The first-order chi connectivity index (χ1) is 16.5. The molecule has 1 aromatic heterocycles. The van der Waals surface area contributed by atoms with Gasteiger partial charge in [0.15, 0.2) is 0 Å². The van der Waals surface area contributed by atoms with E-state index < -0.39 is 0 Å². The summed E-state index contributed by atoms with van der Waals surface area (Å²) in [5, 5.41) is 3.02. The third kappa shape index (κ3) is 6.07. The Balaban J connectivity index is 1.26. The summed E-state index contributed by atoms with van der Waals surface area (Å²) in [5.41, 5.74) is 5.07. The molecule has 34 heavy (non-hydrogen) atoms. The van der Waals surface area contributed by atoms with Crippen LogP contribution in [0.5, 0.6) is 5.75 Å². The summed E-state index contributed by atoms with van der Waals surface area (Å²) in [4.78, 5) is 15.0. The van der Waals surface area contributed by atoms with Gasteiger partial charge in [0.2, 0.25) is 0 Å². The molecule has 1 aliphatic heterocycles. The van der Waals surface area contributed by atoms with Crippen molar-refractivity contribution in [2.75, 3.05) is 33.4 Å². The maximum absolute atomic E-state index is 12.7. The molecule has 2 heterocycles. The highest BCUT2D eigenvalue weighted by molar-refractivity contribution is 5.94. The molecule has 0 bridgehead atoms. The smallest absolute Gasteiger partial charge is 0.251 e. The fourth-order valence-corrected chi connectivity index (χ4v) is 4.48. The highest BCUT2D eigenvalue weighted by Crippen LogP contribution is 2.18. The first-order valence-electron chi connectivity index (χ1n) is 12.0. The van der Waals surface area contributed by atoms with Crippen LogP contribution < -0.4 is 10.1 Å². The quantitative estimate of drug-likeness (QED) is 0.509. The number of likely N-dealkylation sites (N-methyl/N-ethyl adjacent to an activating group) is 1. The van der Waals surface area contributed by atoms with Crippen molar-refractivity contribution in [3.63, 3.8) is 0 Å². The van der Waals surface area contributed by atoms with Gasteiger partial charge in [-0.25, -0.2) is 0 Å². The van der Waals surface area contributed by atoms with Gasteiger partial charge in [0.25, 0.3) is 5.91 Å². The number of carbonyl (C=O) groups excluding carboxylic acids is 1. The van der Waals surface area contributed by atoms with Crippen LogP contribution in [0.1, 0.15) is 40.2 Å². The average Bonchev–Trinajstić information content (AvgIpc) is 3.21. The molecular weight excluding hydrogens is 426 g/mol. The van der Waals surface area contributed by atoms with E-state index in [0.717, 1.165) is 49.6 Å². The average molecular weight is 462 g/mol. The number of nitrogens with one attached hydrogen (secondary N) is 1. The number of aromatic nitrogens is 1. The van der Waals surface area contributed by atoms with Crippen LogP contribution in [0.4, 0.5) is 0 Å². The van der Waals surface area contributed by atoms with E-state index in [1.165, 1.54) is 11.4 Å². The molecule has 0 spiro atoms. The minimum absolute atomic E-state index is 0.0862. The Morgan fingerprint density at radius 3 is 2.47 bits per heavy atom. The highest BCUT2D eigenvalue weighted by atomic mass is 16.5. The van der Waals surface area contributed by atoms with Crippen molar-refractivity contribution in [1.29, 1.82) is 0 Å². The van der Waals surface area contributed by atoms with Gasteiger partial charge < -0.3 is 19.4 Å². The second-order valence-electron chi connectivity index (χ2n) is 9.00. The molecule has 3 aromatic rings.